The van der Waals surface area contributed by atoms with Crippen LogP contribution in [0.4, 0.5) is 5.69 Å². The maximum Gasteiger partial charge on any atom is 0.0403 e. The van der Waals surface area contributed by atoms with Gasteiger partial charge in [0, 0.05) is 18.3 Å². The van der Waals surface area contributed by atoms with Gasteiger partial charge in [-0.25, -0.2) is 5.01 Å². The third-order valence-corrected chi connectivity index (χ3v) is 5.97. The van der Waals surface area contributed by atoms with Crippen LogP contribution in [0.3, 0.4) is 0 Å². The molecule has 4 bridgehead atoms. The summed E-state index contributed by atoms with van der Waals surface area (Å²) in [7, 11) is 0. The van der Waals surface area contributed by atoms with Gasteiger partial charge in [-0.1, -0.05) is 18.2 Å². The molecule has 108 valence electrons. The Morgan fingerprint density at radius 2 is 1.55 bits per heavy atom. The van der Waals surface area contributed by atoms with Gasteiger partial charge in [-0.3, -0.25) is 5.84 Å². The van der Waals surface area contributed by atoms with Crippen LogP contribution in [-0.2, 0) is 6.54 Å². The van der Waals surface area contributed by atoms with Crippen molar-refractivity contribution < 1.29 is 0 Å². The monoisotopic (exact) mass is 271 g/mol. The molecule has 1 aromatic carbocycles. The Labute approximate surface area is 121 Å². The Morgan fingerprint density at radius 1 is 0.950 bits per heavy atom. The van der Waals surface area contributed by atoms with Gasteiger partial charge in [0.05, 0.1) is 0 Å². The quantitative estimate of drug-likeness (QED) is 0.505. The predicted octanol–water partition coefficient (Wildman–Crippen LogP) is 2.77. The molecule has 0 saturated heterocycles. The van der Waals surface area contributed by atoms with Crippen molar-refractivity contribution >= 4 is 5.69 Å². The summed E-state index contributed by atoms with van der Waals surface area (Å²) in [6.45, 7) is 0.791. The summed E-state index contributed by atoms with van der Waals surface area (Å²) >= 11 is 0. The largest absolute Gasteiger partial charge is 0.398 e. The topological polar surface area (TPSA) is 55.3 Å². The van der Waals surface area contributed by atoms with Gasteiger partial charge in [0.15, 0.2) is 0 Å². The van der Waals surface area contributed by atoms with Crippen LogP contribution in [-0.4, -0.2) is 11.1 Å². The molecule has 4 saturated carbocycles. The van der Waals surface area contributed by atoms with Crippen LogP contribution < -0.4 is 11.6 Å². The number of nitrogens with two attached hydrogens (primary N) is 2. The fraction of sp³-hybridized carbons (Fsp3) is 0.647. The van der Waals surface area contributed by atoms with E-state index in [-0.39, 0.29) is 0 Å². The van der Waals surface area contributed by atoms with Crippen molar-refractivity contribution in [1.82, 2.24) is 5.01 Å². The van der Waals surface area contributed by atoms with E-state index in [4.69, 9.17) is 11.6 Å². The first-order valence-corrected chi connectivity index (χ1v) is 8.05. The predicted molar refractivity (Wildman–Crippen MR) is 81.4 cm³/mol. The lowest BCUT2D eigenvalue weighted by atomic mass is 9.54. The summed E-state index contributed by atoms with van der Waals surface area (Å²) < 4.78 is 0. The summed E-state index contributed by atoms with van der Waals surface area (Å²) in [5.74, 6) is 10.2. The molecule has 5 rings (SSSR count). The molecule has 0 atom stereocenters. The van der Waals surface area contributed by atoms with Crippen LogP contribution >= 0.6 is 0 Å². The highest BCUT2D eigenvalue weighted by Crippen LogP contribution is 2.54. The zero-order valence-electron chi connectivity index (χ0n) is 12.0. The zero-order valence-corrected chi connectivity index (χ0v) is 12.0. The summed E-state index contributed by atoms with van der Waals surface area (Å²) in [5.41, 5.74) is 8.10. The Hall–Kier alpha value is -1.06. The molecule has 4 aliphatic carbocycles. The average Bonchev–Trinajstić information content (AvgIpc) is 2.40. The molecular weight excluding hydrogens is 246 g/mol. The molecule has 0 amide bonds. The van der Waals surface area contributed by atoms with E-state index in [0.717, 1.165) is 35.9 Å². The van der Waals surface area contributed by atoms with E-state index in [1.54, 1.807) is 0 Å². The minimum atomic E-state index is 0.586. The third-order valence-electron chi connectivity index (χ3n) is 5.97. The molecule has 4 fully saturated rings. The molecule has 4 aliphatic rings. The van der Waals surface area contributed by atoms with Crippen LogP contribution in [0.5, 0.6) is 0 Å². The van der Waals surface area contributed by atoms with E-state index >= 15 is 0 Å². The first-order chi connectivity index (χ1) is 9.70. The summed E-state index contributed by atoms with van der Waals surface area (Å²) in [6, 6.07) is 8.70. The SMILES string of the molecule is Nc1ccccc1CN(N)C1C2CC3CC(C2)CC1C3. The van der Waals surface area contributed by atoms with Crippen molar-refractivity contribution in [3.8, 4) is 0 Å². The number of hydrazine groups is 1. The Bertz CT molecular complexity index is 471. The third kappa shape index (κ3) is 2.04. The summed E-state index contributed by atoms with van der Waals surface area (Å²) in [5, 5.41) is 2.11. The highest BCUT2D eigenvalue weighted by atomic mass is 15.4. The molecule has 0 aromatic heterocycles. The lowest BCUT2D eigenvalue weighted by Gasteiger charge is -2.56. The van der Waals surface area contributed by atoms with Crippen molar-refractivity contribution in [2.75, 3.05) is 5.73 Å². The van der Waals surface area contributed by atoms with E-state index in [2.05, 4.69) is 17.1 Å². The molecule has 0 heterocycles. The van der Waals surface area contributed by atoms with E-state index in [1.807, 2.05) is 12.1 Å². The highest BCUT2D eigenvalue weighted by molar-refractivity contribution is 5.46. The van der Waals surface area contributed by atoms with E-state index in [1.165, 1.54) is 37.7 Å². The number of nitrogens with zero attached hydrogens (tertiary/aromatic N) is 1. The molecule has 0 spiro atoms. The number of hydrogen-bond donors (Lipinski definition) is 2. The van der Waals surface area contributed by atoms with Gasteiger partial charge >= 0.3 is 0 Å². The van der Waals surface area contributed by atoms with Crippen LogP contribution in [0.15, 0.2) is 24.3 Å². The number of hydrogen-bond acceptors (Lipinski definition) is 3. The van der Waals surface area contributed by atoms with Gasteiger partial charge in [-0.2, -0.15) is 0 Å². The minimum absolute atomic E-state index is 0.586. The fourth-order valence-electron chi connectivity index (χ4n) is 5.42. The van der Waals surface area contributed by atoms with E-state index in [9.17, 15) is 0 Å². The number of rotatable bonds is 3. The van der Waals surface area contributed by atoms with E-state index < -0.39 is 0 Å². The second-order valence-electron chi connectivity index (χ2n) is 7.29. The Kier molecular flexibility index (Phi) is 3.00. The molecule has 20 heavy (non-hydrogen) atoms. The van der Waals surface area contributed by atoms with Gasteiger partial charge in [-0.15, -0.1) is 0 Å². The van der Waals surface area contributed by atoms with Crippen molar-refractivity contribution in [1.29, 1.82) is 0 Å². The molecule has 3 heteroatoms. The Morgan fingerprint density at radius 3 is 2.15 bits per heavy atom. The maximum atomic E-state index is 6.48. The van der Waals surface area contributed by atoms with Crippen molar-refractivity contribution in [3.63, 3.8) is 0 Å². The van der Waals surface area contributed by atoms with Crippen molar-refractivity contribution in [2.24, 2.45) is 29.5 Å². The molecule has 4 N–H and O–H groups in total. The second-order valence-corrected chi connectivity index (χ2v) is 7.29. The first kappa shape index (κ1) is 12.7. The van der Waals surface area contributed by atoms with Crippen LogP contribution in [0, 0.1) is 23.7 Å². The summed E-state index contributed by atoms with van der Waals surface area (Å²) in [4.78, 5) is 0. The number of anilines is 1. The van der Waals surface area contributed by atoms with Crippen LogP contribution in [0.25, 0.3) is 0 Å². The standard InChI is InChI=1S/C17H25N3/c18-16-4-2-1-3-13(16)10-20(19)17-14-6-11-5-12(8-14)9-15(17)7-11/h1-4,11-12,14-15,17H,5-10,18-19H2. The van der Waals surface area contributed by atoms with Gasteiger partial charge in [0.2, 0.25) is 0 Å². The maximum absolute atomic E-state index is 6.48. The minimum Gasteiger partial charge on any atom is -0.398 e. The van der Waals surface area contributed by atoms with Gasteiger partial charge in [0.1, 0.15) is 0 Å². The zero-order chi connectivity index (χ0) is 13.7. The second kappa shape index (κ2) is 4.74. The van der Waals surface area contributed by atoms with Gasteiger partial charge in [0.25, 0.3) is 0 Å². The van der Waals surface area contributed by atoms with Crippen molar-refractivity contribution in [2.45, 2.75) is 44.7 Å². The number of benzene rings is 1. The summed E-state index contributed by atoms with van der Waals surface area (Å²) in [6.07, 6.45) is 7.15. The van der Waals surface area contributed by atoms with Crippen molar-refractivity contribution in [3.05, 3.63) is 29.8 Å². The van der Waals surface area contributed by atoms with E-state index in [0.29, 0.717) is 6.04 Å². The highest BCUT2D eigenvalue weighted by Gasteiger charge is 2.49. The van der Waals surface area contributed by atoms with Gasteiger partial charge in [-0.05, 0) is 67.4 Å². The Balaban J connectivity index is 1.51. The van der Waals surface area contributed by atoms with Crippen LogP contribution in [0.2, 0.25) is 0 Å². The molecule has 0 aliphatic heterocycles. The lowest BCUT2D eigenvalue weighted by molar-refractivity contribution is -0.0688. The molecule has 1 aromatic rings. The first-order valence-electron chi connectivity index (χ1n) is 8.05. The fourth-order valence-corrected chi connectivity index (χ4v) is 5.42. The average molecular weight is 271 g/mol. The molecule has 3 nitrogen and oxygen atoms in total. The smallest absolute Gasteiger partial charge is 0.0403 e. The number of para-hydroxylation sites is 1. The lowest BCUT2D eigenvalue weighted by Crippen LogP contribution is -2.57. The van der Waals surface area contributed by atoms with Gasteiger partial charge < -0.3 is 5.73 Å². The molecule has 0 unspecified atom stereocenters. The van der Waals surface area contributed by atoms with Crippen LogP contribution in [0.1, 0.15) is 37.7 Å². The number of nitrogen functional groups attached to an aromatic ring is 1. The molecular formula is C17H25N3. The normalized spacial score (nSPS) is 38.6. The molecule has 0 radical (unpaired) electrons.